The average Bonchev–Trinajstić information content (AvgIpc) is 2.06. The minimum Gasteiger partial charge on any atom is -0.312 e. The van der Waals surface area contributed by atoms with E-state index in [9.17, 15) is 0 Å². The Kier molecular flexibility index (Phi) is 3.90. The first kappa shape index (κ1) is 11.5. The van der Waals surface area contributed by atoms with Gasteiger partial charge in [-0.3, -0.25) is 0 Å². The van der Waals surface area contributed by atoms with E-state index in [4.69, 9.17) is 11.6 Å². The number of nitrogens with zero attached hydrogens (tertiary/aromatic N) is 1. The summed E-state index contributed by atoms with van der Waals surface area (Å²) in [6, 6.07) is 3.81. The number of hydrogen-bond acceptors (Lipinski definition) is 2. The second-order valence-electron chi connectivity index (χ2n) is 4.65. The smallest absolute Gasteiger partial charge is 0.129 e. The Morgan fingerprint density at radius 1 is 1.36 bits per heavy atom. The summed E-state index contributed by atoms with van der Waals surface area (Å²) < 4.78 is 0. The second kappa shape index (κ2) is 4.76. The van der Waals surface area contributed by atoms with Crippen molar-refractivity contribution in [3.05, 3.63) is 29.0 Å². The van der Waals surface area contributed by atoms with E-state index >= 15 is 0 Å². The van der Waals surface area contributed by atoms with E-state index in [0.29, 0.717) is 10.6 Å². The molecule has 0 bridgehead atoms. The Morgan fingerprint density at radius 2 is 2.07 bits per heavy atom. The van der Waals surface area contributed by atoms with E-state index in [1.165, 1.54) is 5.56 Å². The Hall–Kier alpha value is -0.600. The van der Waals surface area contributed by atoms with Crippen LogP contribution in [0.15, 0.2) is 18.3 Å². The van der Waals surface area contributed by atoms with Crippen LogP contribution >= 0.6 is 11.6 Å². The first-order valence-corrected chi connectivity index (χ1v) is 5.16. The van der Waals surface area contributed by atoms with Crippen LogP contribution in [0.5, 0.6) is 0 Å². The minimum atomic E-state index is 0.319. The molecular formula is C11H17ClN2. The summed E-state index contributed by atoms with van der Waals surface area (Å²) in [5.41, 5.74) is 1.48. The van der Waals surface area contributed by atoms with Gasteiger partial charge in [-0.25, -0.2) is 4.98 Å². The molecule has 0 spiro atoms. The number of halogens is 1. The number of aromatic nitrogens is 1. The molecule has 78 valence electrons. The van der Waals surface area contributed by atoms with Crippen LogP contribution in [0.3, 0.4) is 0 Å². The summed E-state index contributed by atoms with van der Waals surface area (Å²) in [5.74, 6) is 0. The quantitative estimate of drug-likeness (QED) is 0.780. The number of hydrogen-bond donors (Lipinski definition) is 1. The molecular weight excluding hydrogens is 196 g/mol. The molecule has 3 heteroatoms. The number of pyridine rings is 1. The van der Waals surface area contributed by atoms with Crippen molar-refractivity contribution in [2.24, 2.45) is 5.41 Å². The van der Waals surface area contributed by atoms with Crippen molar-refractivity contribution in [2.45, 2.75) is 27.3 Å². The maximum absolute atomic E-state index is 5.69. The van der Waals surface area contributed by atoms with Gasteiger partial charge in [-0.05, 0) is 17.0 Å². The molecule has 1 aromatic heterocycles. The van der Waals surface area contributed by atoms with E-state index in [-0.39, 0.29) is 0 Å². The fraction of sp³-hybridized carbons (Fsp3) is 0.545. The average molecular weight is 213 g/mol. The van der Waals surface area contributed by atoms with Crippen LogP contribution < -0.4 is 5.32 Å². The van der Waals surface area contributed by atoms with E-state index in [0.717, 1.165) is 13.1 Å². The van der Waals surface area contributed by atoms with Crippen molar-refractivity contribution >= 4 is 11.6 Å². The third-order valence-electron chi connectivity index (χ3n) is 1.77. The molecule has 0 amide bonds. The molecule has 0 saturated heterocycles. The SMILES string of the molecule is CC(C)(C)CNCc1ccc(Cl)nc1. The van der Waals surface area contributed by atoms with Gasteiger partial charge in [-0.2, -0.15) is 0 Å². The fourth-order valence-corrected chi connectivity index (χ4v) is 1.20. The maximum Gasteiger partial charge on any atom is 0.129 e. The summed E-state index contributed by atoms with van der Waals surface area (Å²) in [6.07, 6.45) is 1.80. The van der Waals surface area contributed by atoms with E-state index in [2.05, 4.69) is 31.1 Å². The van der Waals surface area contributed by atoms with Gasteiger partial charge in [0, 0.05) is 19.3 Å². The first-order chi connectivity index (χ1) is 6.47. The van der Waals surface area contributed by atoms with Gasteiger partial charge in [-0.1, -0.05) is 38.4 Å². The Balaban J connectivity index is 2.35. The Morgan fingerprint density at radius 3 is 2.57 bits per heavy atom. The zero-order valence-corrected chi connectivity index (χ0v) is 9.73. The summed E-state index contributed by atoms with van der Waals surface area (Å²) in [6.45, 7) is 8.47. The fourth-order valence-electron chi connectivity index (χ4n) is 1.09. The third-order valence-corrected chi connectivity index (χ3v) is 2.00. The lowest BCUT2D eigenvalue weighted by molar-refractivity contribution is 0.379. The third kappa shape index (κ3) is 4.58. The standard InChI is InChI=1S/C11H17ClN2/c1-11(2,3)8-13-6-9-4-5-10(12)14-7-9/h4-5,7,13H,6,8H2,1-3H3. The van der Waals surface area contributed by atoms with E-state index in [1.807, 2.05) is 12.1 Å². The molecule has 0 unspecified atom stereocenters. The predicted molar refractivity (Wildman–Crippen MR) is 60.4 cm³/mol. The number of rotatable bonds is 3. The Bertz CT molecular complexity index is 274. The van der Waals surface area contributed by atoms with Crippen LogP contribution in [0.25, 0.3) is 0 Å². The minimum absolute atomic E-state index is 0.319. The summed E-state index contributed by atoms with van der Waals surface area (Å²) in [4.78, 5) is 4.02. The van der Waals surface area contributed by atoms with Gasteiger partial charge in [-0.15, -0.1) is 0 Å². The highest BCUT2D eigenvalue weighted by Crippen LogP contribution is 2.11. The normalized spacial score (nSPS) is 11.7. The molecule has 1 aromatic rings. The zero-order chi connectivity index (χ0) is 10.6. The molecule has 1 rings (SSSR count). The molecule has 1 heterocycles. The van der Waals surface area contributed by atoms with E-state index in [1.54, 1.807) is 6.20 Å². The molecule has 2 nitrogen and oxygen atoms in total. The highest BCUT2D eigenvalue weighted by Gasteiger charge is 2.08. The largest absolute Gasteiger partial charge is 0.312 e. The molecule has 0 saturated carbocycles. The Labute approximate surface area is 90.7 Å². The first-order valence-electron chi connectivity index (χ1n) is 4.78. The lowest BCUT2D eigenvalue weighted by atomic mass is 9.97. The monoisotopic (exact) mass is 212 g/mol. The van der Waals surface area contributed by atoms with Crippen LogP contribution in [0.4, 0.5) is 0 Å². The van der Waals surface area contributed by atoms with Crippen molar-refractivity contribution in [1.29, 1.82) is 0 Å². The van der Waals surface area contributed by atoms with Gasteiger partial charge in [0.05, 0.1) is 0 Å². The molecule has 0 radical (unpaired) electrons. The topological polar surface area (TPSA) is 24.9 Å². The molecule has 0 aliphatic carbocycles. The molecule has 0 fully saturated rings. The van der Waals surface area contributed by atoms with Crippen LogP contribution in [0, 0.1) is 5.41 Å². The van der Waals surface area contributed by atoms with Crippen molar-refractivity contribution in [1.82, 2.24) is 10.3 Å². The van der Waals surface area contributed by atoms with Gasteiger partial charge in [0.2, 0.25) is 0 Å². The second-order valence-corrected chi connectivity index (χ2v) is 5.04. The molecule has 0 aliphatic rings. The van der Waals surface area contributed by atoms with E-state index < -0.39 is 0 Å². The van der Waals surface area contributed by atoms with Crippen LogP contribution in [0.1, 0.15) is 26.3 Å². The highest BCUT2D eigenvalue weighted by atomic mass is 35.5. The van der Waals surface area contributed by atoms with Gasteiger partial charge < -0.3 is 5.32 Å². The van der Waals surface area contributed by atoms with Gasteiger partial charge in [0.1, 0.15) is 5.15 Å². The summed E-state index contributed by atoms with van der Waals surface area (Å²) in [5, 5.41) is 3.92. The van der Waals surface area contributed by atoms with Crippen molar-refractivity contribution in [3.8, 4) is 0 Å². The lowest BCUT2D eigenvalue weighted by Crippen LogP contribution is -2.26. The van der Waals surface area contributed by atoms with Crippen molar-refractivity contribution in [3.63, 3.8) is 0 Å². The van der Waals surface area contributed by atoms with Gasteiger partial charge >= 0.3 is 0 Å². The predicted octanol–water partition coefficient (Wildman–Crippen LogP) is 2.87. The van der Waals surface area contributed by atoms with Crippen LogP contribution in [0.2, 0.25) is 5.15 Å². The lowest BCUT2D eigenvalue weighted by Gasteiger charge is -2.18. The summed E-state index contributed by atoms with van der Waals surface area (Å²) in [7, 11) is 0. The van der Waals surface area contributed by atoms with Crippen molar-refractivity contribution < 1.29 is 0 Å². The van der Waals surface area contributed by atoms with Crippen LogP contribution in [-0.4, -0.2) is 11.5 Å². The van der Waals surface area contributed by atoms with Crippen LogP contribution in [-0.2, 0) is 6.54 Å². The molecule has 1 N–H and O–H groups in total. The summed E-state index contributed by atoms with van der Waals surface area (Å²) >= 11 is 5.69. The molecule has 0 aliphatic heterocycles. The van der Waals surface area contributed by atoms with Crippen molar-refractivity contribution in [2.75, 3.05) is 6.54 Å². The zero-order valence-electron chi connectivity index (χ0n) is 8.97. The maximum atomic E-state index is 5.69. The molecule has 0 atom stereocenters. The number of nitrogens with one attached hydrogen (secondary N) is 1. The van der Waals surface area contributed by atoms with Gasteiger partial charge in [0.25, 0.3) is 0 Å². The van der Waals surface area contributed by atoms with Gasteiger partial charge in [0.15, 0.2) is 0 Å². The highest BCUT2D eigenvalue weighted by molar-refractivity contribution is 6.29. The molecule has 14 heavy (non-hydrogen) atoms. The molecule has 0 aromatic carbocycles.